The van der Waals surface area contributed by atoms with E-state index in [1.54, 1.807) is 6.92 Å². The summed E-state index contributed by atoms with van der Waals surface area (Å²) in [4.78, 5) is 47.0. The average molecular weight is 270 g/mol. The van der Waals surface area contributed by atoms with E-state index >= 15 is 0 Å². The van der Waals surface area contributed by atoms with E-state index in [1.165, 1.54) is 7.05 Å². The van der Waals surface area contributed by atoms with Gasteiger partial charge in [0.15, 0.2) is 0 Å². The van der Waals surface area contributed by atoms with E-state index in [9.17, 15) is 19.2 Å². The molecule has 1 fully saturated rings. The van der Waals surface area contributed by atoms with Crippen LogP contribution in [0.1, 0.15) is 32.6 Å². The van der Waals surface area contributed by atoms with Gasteiger partial charge in [-0.1, -0.05) is 6.42 Å². The maximum Gasteiger partial charge on any atom is 0.333 e. The maximum atomic E-state index is 11.5. The van der Waals surface area contributed by atoms with Gasteiger partial charge >= 0.3 is 23.8 Å². The Balaban J connectivity index is 2.23. The number of amides is 4. The molecule has 4 amide bonds. The standard InChI is InChI=1S/C12H18N2O5/c1-3-19-9(15)7-5-4-6-8-14-11(17)10(16)13(2)12(14)18/h3-8H2,1-2H3. The zero-order valence-corrected chi connectivity index (χ0v) is 11.2. The van der Waals surface area contributed by atoms with E-state index in [-0.39, 0.29) is 12.5 Å². The Kier molecular flexibility index (Phi) is 5.47. The third-order valence-corrected chi connectivity index (χ3v) is 2.82. The molecule has 7 heteroatoms. The highest BCUT2D eigenvalue weighted by molar-refractivity contribution is 6.44. The molecule has 1 rings (SSSR count). The van der Waals surface area contributed by atoms with Crippen molar-refractivity contribution in [3.8, 4) is 0 Å². The van der Waals surface area contributed by atoms with Crippen molar-refractivity contribution in [1.82, 2.24) is 9.80 Å². The zero-order chi connectivity index (χ0) is 14.4. The van der Waals surface area contributed by atoms with E-state index in [0.717, 1.165) is 9.80 Å². The van der Waals surface area contributed by atoms with Gasteiger partial charge in [0.2, 0.25) is 0 Å². The number of likely N-dealkylation sites (N-methyl/N-ethyl adjacent to an activating group) is 1. The molecule has 0 aromatic rings. The number of esters is 1. The fourth-order valence-electron chi connectivity index (χ4n) is 1.76. The first kappa shape index (κ1) is 15.1. The zero-order valence-electron chi connectivity index (χ0n) is 11.2. The quantitative estimate of drug-likeness (QED) is 0.291. The van der Waals surface area contributed by atoms with E-state index < -0.39 is 17.8 Å². The lowest BCUT2D eigenvalue weighted by Gasteiger charge is -2.12. The first-order chi connectivity index (χ1) is 8.99. The molecule has 0 aromatic heterocycles. The Bertz CT molecular complexity index is 394. The number of hydrogen-bond donors (Lipinski definition) is 0. The normalized spacial score (nSPS) is 15.4. The molecule has 0 aliphatic carbocycles. The van der Waals surface area contributed by atoms with Crippen molar-refractivity contribution in [2.45, 2.75) is 32.6 Å². The molecule has 0 unspecified atom stereocenters. The summed E-state index contributed by atoms with van der Waals surface area (Å²) in [6.07, 6.45) is 2.22. The molecule has 1 aliphatic rings. The van der Waals surface area contributed by atoms with Crippen molar-refractivity contribution in [1.29, 1.82) is 0 Å². The monoisotopic (exact) mass is 270 g/mol. The average Bonchev–Trinajstić information content (AvgIpc) is 2.56. The molecule has 7 nitrogen and oxygen atoms in total. The van der Waals surface area contributed by atoms with Crippen LogP contribution in [0.2, 0.25) is 0 Å². The van der Waals surface area contributed by atoms with Gasteiger partial charge < -0.3 is 4.74 Å². The molecule has 0 bridgehead atoms. The van der Waals surface area contributed by atoms with Crippen molar-refractivity contribution in [3.05, 3.63) is 0 Å². The van der Waals surface area contributed by atoms with Crippen LogP contribution in [0.5, 0.6) is 0 Å². The minimum Gasteiger partial charge on any atom is -0.466 e. The Morgan fingerprint density at radius 3 is 2.32 bits per heavy atom. The van der Waals surface area contributed by atoms with Gasteiger partial charge in [0, 0.05) is 20.0 Å². The molecule has 0 spiro atoms. The van der Waals surface area contributed by atoms with Crippen LogP contribution >= 0.6 is 0 Å². The Hall–Kier alpha value is -1.92. The molecule has 0 radical (unpaired) electrons. The van der Waals surface area contributed by atoms with Gasteiger partial charge in [0.1, 0.15) is 0 Å². The van der Waals surface area contributed by atoms with Gasteiger partial charge in [-0.15, -0.1) is 0 Å². The molecular weight excluding hydrogens is 252 g/mol. The predicted molar refractivity (Wildman–Crippen MR) is 65.0 cm³/mol. The van der Waals surface area contributed by atoms with Crippen LogP contribution in [0.25, 0.3) is 0 Å². The first-order valence-electron chi connectivity index (χ1n) is 6.28. The van der Waals surface area contributed by atoms with Gasteiger partial charge in [-0.05, 0) is 19.8 Å². The number of nitrogens with zero attached hydrogens (tertiary/aromatic N) is 2. The molecule has 1 heterocycles. The van der Waals surface area contributed by atoms with E-state index in [0.29, 0.717) is 32.3 Å². The summed E-state index contributed by atoms with van der Waals surface area (Å²) in [5.74, 6) is -1.82. The number of rotatable bonds is 7. The van der Waals surface area contributed by atoms with Gasteiger partial charge in [-0.3, -0.25) is 24.2 Å². The van der Waals surface area contributed by atoms with Gasteiger partial charge in [-0.2, -0.15) is 0 Å². The third-order valence-electron chi connectivity index (χ3n) is 2.82. The molecular formula is C12H18N2O5. The SMILES string of the molecule is CCOC(=O)CCCCCN1C(=O)C(=O)N(C)C1=O. The second-order valence-electron chi connectivity index (χ2n) is 4.22. The predicted octanol–water partition coefficient (Wildman–Crippen LogP) is 0.530. The molecule has 0 saturated carbocycles. The van der Waals surface area contributed by atoms with Crippen LogP contribution in [0.4, 0.5) is 4.79 Å². The van der Waals surface area contributed by atoms with Crippen LogP contribution in [0.15, 0.2) is 0 Å². The van der Waals surface area contributed by atoms with Gasteiger partial charge in [-0.25, -0.2) is 4.79 Å². The summed E-state index contributed by atoms with van der Waals surface area (Å²) in [6.45, 7) is 2.32. The lowest BCUT2D eigenvalue weighted by molar-refractivity contribution is -0.143. The highest BCUT2D eigenvalue weighted by atomic mass is 16.5. The van der Waals surface area contributed by atoms with E-state index in [4.69, 9.17) is 4.74 Å². The first-order valence-corrected chi connectivity index (χ1v) is 6.28. The van der Waals surface area contributed by atoms with Crippen LogP contribution in [-0.2, 0) is 19.1 Å². The highest BCUT2D eigenvalue weighted by Crippen LogP contribution is 2.11. The van der Waals surface area contributed by atoms with Gasteiger partial charge in [0.25, 0.3) is 0 Å². The Labute approximate surface area is 111 Å². The molecule has 0 N–H and O–H groups in total. The van der Waals surface area contributed by atoms with E-state index in [1.807, 2.05) is 0 Å². The number of carbonyl (C=O) groups is 4. The van der Waals surface area contributed by atoms with Crippen LogP contribution in [-0.4, -0.2) is 53.8 Å². The number of ether oxygens (including phenoxy) is 1. The number of unbranched alkanes of at least 4 members (excludes halogenated alkanes) is 2. The second-order valence-corrected chi connectivity index (χ2v) is 4.22. The summed E-state index contributed by atoms with van der Waals surface area (Å²) >= 11 is 0. The molecule has 0 atom stereocenters. The fourth-order valence-corrected chi connectivity index (χ4v) is 1.76. The van der Waals surface area contributed by atoms with Crippen LogP contribution in [0, 0.1) is 0 Å². The summed E-state index contributed by atoms with van der Waals surface area (Å²) < 4.78 is 4.78. The fraction of sp³-hybridized carbons (Fsp3) is 0.667. The molecule has 106 valence electrons. The smallest absolute Gasteiger partial charge is 0.333 e. The summed E-state index contributed by atoms with van der Waals surface area (Å²) in [5.41, 5.74) is 0. The van der Waals surface area contributed by atoms with Crippen molar-refractivity contribution >= 4 is 23.8 Å². The second kappa shape index (κ2) is 6.86. The Morgan fingerprint density at radius 2 is 1.79 bits per heavy atom. The number of urea groups is 1. The summed E-state index contributed by atoms with van der Waals surface area (Å²) in [6, 6.07) is -0.583. The van der Waals surface area contributed by atoms with Gasteiger partial charge in [0.05, 0.1) is 6.61 Å². The molecule has 19 heavy (non-hydrogen) atoms. The minimum absolute atomic E-state index is 0.205. The number of imide groups is 2. The van der Waals surface area contributed by atoms with Crippen LogP contribution < -0.4 is 0 Å². The summed E-state index contributed by atoms with van der Waals surface area (Å²) in [5, 5.41) is 0. The van der Waals surface area contributed by atoms with Crippen molar-refractivity contribution < 1.29 is 23.9 Å². The lowest BCUT2D eigenvalue weighted by atomic mass is 10.2. The minimum atomic E-state index is -0.795. The lowest BCUT2D eigenvalue weighted by Crippen LogP contribution is -2.32. The topological polar surface area (TPSA) is 84.0 Å². The molecule has 1 saturated heterocycles. The van der Waals surface area contributed by atoms with Crippen molar-refractivity contribution in [2.24, 2.45) is 0 Å². The van der Waals surface area contributed by atoms with Crippen LogP contribution in [0.3, 0.4) is 0 Å². The van der Waals surface area contributed by atoms with E-state index in [2.05, 4.69) is 0 Å². The molecule has 0 aromatic carbocycles. The van der Waals surface area contributed by atoms with Crippen molar-refractivity contribution in [3.63, 3.8) is 0 Å². The highest BCUT2D eigenvalue weighted by Gasteiger charge is 2.41. The molecule has 1 aliphatic heterocycles. The maximum absolute atomic E-state index is 11.5. The largest absolute Gasteiger partial charge is 0.466 e. The number of carbonyl (C=O) groups excluding carboxylic acids is 4. The Morgan fingerprint density at radius 1 is 1.11 bits per heavy atom. The summed E-state index contributed by atoms with van der Waals surface area (Å²) in [7, 11) is 1.28. The van der Waals surface area contributed by atoms with Crippen molar-refractivity contribution in [2.75, 3.05) is 20.2 Å². The third kappa shape index (κ3) is 3.77. The number of hydrogen-bond acceptors (Lipinski definition) is 5.